The lowest BCUT2D eigenvalue weighted by Crippen LogP contribution is -2.41. The third-order valence-corrected chi connectivity index (χ3v) is 5.95. The average molecular weight is 359 g/mol. The molecule has 144 valence electrons. The van der Waals surface area contributed by atoms with E-state index in [1.54, 1.807) is 16.7 Å². The van der Waals surface area contributed by atoms with Gasteiger partial charge in [-0.15, -0.1) is 0 Å². The molecule has 0 radical (unpaired) electrons. The zero-order valence-electron chi connectivity index (χ0n) is 16.3. The maximum absolute atomic E-state index is 11.7. The highest BCUT2D eigenvalue weighted by molar-refractivity contribution is 5.80. The predicted octanol–water partition coefficient (Wildman–Crippen LogP) is 3.25. The molecule has 1 aliphatic heterocycles. The van der Waals surface area contributed by atoms with E-state index in [0.717, 1.165) is 45.0 Å². The Morgan fingerprint density at radius 3 is 2.81 bits per heavy atom. The average Bonchev–Trinajstić information content (AvgIpc) is 3.06. The molecule has 3 rings (SSSR count). The number of guanidine groups is 1. The van der Waals surface area contributed by atoms with Crippen LogP contribution in [0, 0.1) is 5.41 Å². The van der Waals surface area contributed by atoms with Gasteiger partial charge in [0.15, 0.2) is 5.96 Å². The van der Waals surface area contributed by atoms with Gasteiger partial charge >= 0.3 is 0 Å². The first-order chi connectivity index (χ1) is 12.7. The number of aryl methyl sites for hydroxylation is 1. The SMILES string of the molecule is CCNC(=NCCCCn1ccccc1=O)N1CCC2(CCCCC2)C1. The van der Waals surface area contributed by atoms with Crippen molar-refractivity contribution in [2.24, 2.45) is 10.4 Å². The standard InChI is InChI=1S/C21H34N4O/c1-2-22-20(25-17-13-21(18-25)11-5-3-6-12-21)23-14-7-9-16-24-15-8-4-10-19(24)26/h4,8,10,15H,2-3,5-7,9,11-14,16-18H2,1H3,(H,22,23). The monoisotopic (exact) mass is 358 g/mol. The van der Waals surface area contributed by atoms with Crippen molar-refractivity contribution < 1.29 is 0 Å². The van der Waals surface area contributed by atoms with Crippen LogP contribution < -0.4 is 10.9 Å². The van der Waals surface area contributed by atoms with Gasteiger partial charge in [0.1, 0.15) is 0 Å². The summed E-state index contributed by atoms with van der Waals surface area (Å²) >= 11 is 0. The van der Waals surface area contributed by atoms with Crippen molar-refractivity contribution in [3.8, 4) is 0 Å². The van der Waals surface area contributed by atoms with Crippen molar-refractivity contribution in [3.63, 3.8) is 0 Å². The van der Waals surface area contributed by atoms with E-state index in [2.05, 4.69) is 17.1 Å². The topological polar surface area (TPSA) is 49.6 Å². The van der Waals surface area contributed by atoms with Gasteiger partial charge in [-0.05, 0) is 50.5 Å². The molecule has 5 nitrogen and oxygen atoms in total. The lowest BCUT2D eigenvalue weighted by molar-refractivity contribution is 0.203. The van der Waals surface area contributed by atoms with Gasteiger partial charge in [0.05, 0.1) is 0 Å². The first-order valence-electron chi connectivity index (χ1n) is 10.4. The molecule has 1 aliphatic carbocycles. The van der Waals surface area contributed by atoms with Crippen molar-refractivity contribution in [3.05, 3.63) is 34.7 Å². The minimum Gasteiger partial charge on any atom is -0.357 e. The zero-order chi connectivity index (χ0) is 18.2. The van der Waals surface area contributed by atoms with Crippen molar-refractivity contribution >= 4 is 5.96 Å². The molecule has 26 heavy (non-hydrogen) atoms. The molecule has 0 atom stereocenters. The molecule has 1 aromatic heterocycles. The van der Waals surface area contributed by atoms with E-state index < -0.39 is 0 Å². The molecule has 2 fully saturated rings. The summed E-state index contributed by atoms with van der Waals surface area (Å²) in [5, 5.41) is 3.48. The number of aliphatic imine (C=N–C) groups is 1. The number of hydrogen-bond donors (Lipinski definition) is 1. The Morgan fingerprint density at radius 1 is 1.19 bits per heavy atom. The van der Waals surface area contributed by atoms with Crippen LogP contribution in [0.25, 0.3) is 0 Å². The molecule has 0 amide bonds. The van der Waals surface area contributed by atoms with Crippen LogP contribution in [0.2, 0.25) is 0 Å². The molecule has 1 N–H and O–H groups in total. The number of pyridine rings is 1. The Balaban J connectivity index is 1.48. The summed E-state index contributed by atoms with van der Waals surface area (Å²) in [5.74, 6) is 1.09. The van der Waals surface area contributed by atoms with Crippen LogP contribution in [0.4, 0.5) is 0 Å². The fourth-order valence-electron chi connectivity index (χ4n) is 4.48. The third kappa shape index (κ3) is 4.89. The minimum absolute atomic E-state index is 0.0826. The Kier molecular flexibility index (Phi) is 6.75. The molecule has 1 aromatic rings. The molecule has 2 heterocycles. The predicted molar refractivity (Wildman–Crippen MR) is 108 cm³/mol. The molecular weight excluding hydrogens is 324 g/mol. The zero-order valence-corrected chi connectivity index (χ0v) is 16.3. The molecule has 5 heteroatoms. The number of hydrogen-bond acceptors (Lipinski definition) is 2. The normalized spacial score (nSPS) is 19.9. The molecule has 0 unspecified atom stereocenters. The van der Waals surface area contributed by atoms with E-state index in [9.17, 15) is 4.79 Å². The molecular formula is C21H34N4O. The summed E-state index contributed by atoms with van der Waals surface area (Å²) in [6, 6.07) is 5.33. The lowest BCUT2D eigenvalue weighted by atomic mass is 9.73. The van der Waals surface area contributed by atoms with E-state index in [1.807, 2.05) is 12.3 Å². The molecule has 2 aliphatic rings. The van der Waals surface area contributed by atoms with Crippen molar-refractivity contribution in [2.75, 3.05) is 26.2 Å². The molecule has 1 spiro atoms. The Labute approximate surface area is 157 Å². The van der Waals surface area contributed by atoms with Gasteiger partial charge in [-0.25, -0.2) is 0 Å². The molecule has 1 saturated carbocycles. The van der Waals surface area contributed by atoms with Crippen LogP contribution in [-0.2, 0) is 6.54 Å². The quantitative estimate of drug-likeness (QED) is 0.482. The Bertz CT molecular complexity index is 645. The van der Waals surface area contributed by atoms with E-state index >= 15 is 0 Å². The van der Waals surface area contributed by atoms with Crippen LogP contribution in [0.15, 0.2) is 34.2 Å². The van der Waals surface area contributed by atoms with E-state index in [0.29, 0.717) is 5.41 Å². The van der Waals surface area contributed by atoms with E-state index in [-0.39, 0.29) is 5.56 Å². The summed E-state index contributed by atoms with van der Waals surface area (Å²) in [4.78, 5) is 19.1. The van der Waals surface area contributed by atoms with Crippen LogP contribution in [0.3, 0.4) is 0 Å². The maximum atomic E-state index is 11.7. The fourth-order valence-corrected chi connectivity index (χ4v) is 4.48. The van der Waals surface area contributed by atoms with Gasteiger partial charge in [-0.1, -0.05) is 25.3 Å². The summed E-state index contributed by atoms with van der Waals surface area (Å²) < 4.78 is 1.78. The first kappa shape index (κ1) is 19.0. The Hall–Kier alpha value is -1.78. The summed E-state index contributed by atoms with van der Waals surface area (Å²) in [6.45, 7) is 6.99. The van der Waals surface area contributed by atoms with Crippen LogP contribution in [0.1, 0.15) is 58.3 Å². The van der Waals surface area contributed by atoms with Gasteiger partial charge in [0.2, 0.25) is 5.56 Å². The van der Waals surface area contributed by atoms with Crippen molar-refractivity contribution in [1.82, 2.24) is 14.8 Å². The van der Waals surface area contributed by atoms with Crippen molar-refractivity contribution in [2.45, 2.75) is 64.8 Å². The number of nitrogens with one attached hydrogen (secondary N) is 1. The lowest BCUT2D eigenvalue weighted by Gasteiger charge is -2.33. The fraction of sp³-hybridized carbons (Fsp3) is 0.714. The van der Waals surface area contributed by atoms with Gasteiger partial charge in [0.25, 0.3) is 0 Å². The molecule has 0 aromatic carbocycles. The van der Waals surface area contributed by atoms with Gasteiger partial charge in [-0.3, -0.25) is 9.79 Å². The largest absolute Gasteiger partial charge is 0.357 e. The summed E-state index contributed by atoms with van der Waals surface area (Å²) in [6.07, 6.45) is 12.2. The van der Waals surface area contributed by atoms with Crippen molar-refractivity contribution in [1.29, 1.82) is 0 Å². The number of likely N-dealkylation sites (tertiary alicyclic amines) is 1. The summed E-state index contributed by atoms with van der Waals surface area (Å²) in [7, 11) is 0. The summed E-state index contributed by atoms with van der Waals surface area (Å²) in [5.41, 5.74) is 0.641. The number of unbranched alkanes of at least 4 members (excludes halogenated alkanes) is 1. The van der Waals surface area contributed by atoms with Gasteiger partial charge in [0, 0.05) is 45.0 Å². The van der Waals surface area contributed by atoms with Crippen LogP contribution in [0.5, 0.6) is 0 Å². The Morgan fingerprint density at radius 2 is 2.04 bits per heavy atom. The van der Waals surface area contributed by atoms with E-state index in [4.69, 9.17) is 4.99 Å². The van der Waals surface area contributed by atoms with Gasteiger partial charge < -0.3 is 14.8 Å². The highest BCUT2D eigenvalue weighted by Crippen LogP contribution is 2.43. The second-order valence-corrected chi connectivity index (χ2v) is 7.91. The molecule has 1 saturated heterocycles. The van der Waals surface area contributed by atoms with Gasteiger partial charge in [-0.2, -0.15) is 0 Å². The number of aromatic nitrogens is 1. The van der Waals surface area contributed by atoms with Crippen LogP contribution in [-0.4, -0.2) is 41.6 Å². The maximum Gasteiger partial charge on any atom is 0.250 e. The highest BCUT2D eigenvalue weighted by atomic mass is 16.1. The minimum atomic E-state index is 0.0826. The second kappa shape index (κ2) is 9.24. The second-order valence-electron chi connectivity index (χ2n) is 7.91. The number of nitrogens with zero attached hydrogens (tertiary/aromatic N) is 3. The van der Waals surface area contributed by atoms with Crippen LogP contribution >= 0.6 is 0 Å². The molecule has 0 bridgehead atoms. The third-order valence-electron chi connectivity index (χ3n) is 5.95. The number of rotatable bonds is 6. The smallest absolute Gasteiger partial charge is 0.250 e. The van der Waals surface area contributed by atoms with E-state index in [1.165, 1.54) is 45.1 Å². The highest BCUT2D eigenvalue weighted by Gasteiger charge is 2.39. The first-order valence-corrected chi connectivity index (χ1v) is 10.4.